The van der Waals surface area contributed by atoms with Gasteiger partial charge in [0.1, 0.15) is 6.17 Å². The molecular weight excluding hydrogens is 571 g/mol. The first-order valence-electron chi connectivity index (χ1n) is 19.3. The minimum absolute atomic E-state index is 0.247. The monoisotopic (exact) mass is 634 g/mol. The van der Waals surface area contributed by atoms with E-state index in [9.17, 15) is 9.80 Å². The van der Waals surface area contributed by atoms with Crippen LogP contribution in [0.3, 0.4) is 0 Å². The second kappa shape index (κ2) is 16.5. The van der Waals surface area contributed by atoms with Crippen LogP contribution < -0.4 is 0 Å². The van der Waals surface area contributed by atoms with E-state index in [-0.39, 0.29) is 6.10 Å². The molecule has 0 aromatic rings. The van der Waals surface area contributed by atoms with E-state index in [1.165, 1.54) is 122 Å². The van der Waals surface area contributed by atoms with E-state index in [4.69, 9.17) is 16.3 Å². The minimum atomic E-state index is -0.617. The Labute approximate surface area is 273 Å². The molecule has 6 rings (SSSR count). The fraction of sp³-hybridized carbons (Fsp3) is 0.973. The number of guanidine groups is 1. The maximum Gasteiger partial charge on any atom is 0.194 e. The highest BCUT2D eigenvalue weighted by Crippen LogP contribution is 2.39. The lowest BCUT2D eigenvalue weighted by molar-refractivity contribution is 0.00986. The molecule has 44 heavy (non-hydrogen) atoms. The molecule has 4 aliphatic carbocycles. The zero-order valence-electron chi connectivity index (χ0n) is 27.8. The molecule has 6 aliphatic rings. The van der Waals surface area contributed by atoms with E-state index in [0.29, 0.717) is 30.3 Å². The van der Waals surface area contributed by atoms with Gasteiger partial charge in [-0.2, -0.15) is 0 Å². The Morgan fingerprint density at radius 1 is 0.682 bits per heavy atom. The van der Waals surface area contributed by atoms with Crippen LogP contribution in [0.15, 0.2) is 0 Å². The van der Waals surface area contributed by atoms with E-state index in [0.717, 1.165) is 68.6 Å². The highest BCUT2D eigenvalue weighted by atomic mass is 35.5. The zero-order chi connectivity index (χ0) is 30.3. The lowest BCUT2D eigenvalue weighted by Crippen LogP contribution is -2.42. The summed E-state index contributed by atoms with van der Waals surface area (Å²) in [4.78, 5) is 7.74. The lowest BCUT2D eigenvalue weighted by Gasteiger charge is -2.36. The molecule has 0 spiro atoms. The smallest absolute Gasteiger partial charge is 0.194 e. The summed E-state index contributed by atoms with van der Waals surface area (Å²) in [6.07, 6.45) is 25.3. The number of nitrogens with one attached hydrogen (secondary N) is 1. The fourth-order valence-electron chi connectivity index (χ4n) is 10.2. The predicted octanol–water partition coefficient (Wildman–Crippen LogP) is 8.63. The Balaban J connectivity index is 0.909. The number of hydrogen-bond donors (Lipinski definition) is 1. The van der Waals surface area contributed by atoms with Gasteiger partial charge in [-0.15, -0.1) is 11.6 Å². The summed E-state index contributed by atoms with van der Waals surface area (Å²) >= 11 is 6.71. The molecule has 2 aliphatic heterocycles. The summed E-state index contributed by atoms with van der Waals surface area (Å²) in [6, 6.07) is 1.07. The van der Waals surface area contributed by atoms with Crippen molar-refractivity contribution >= 4 is 17.6 Å². The number of hydrogen-bond acceptors (Lipinski definition) is 3. The third kappa shape index (κ3) is 8.85. The summed E-state index contributed by atoms with van der Waals surface area (Å²) in [5, 5.41) is 9.64. The molecule has 0 radical (unpaired) electrons. The molecule has 2 heterocycles. The van der Waals surface area contributed by atoms with Crippen LogP contribution in [0.2, 0.25) is 0 Å². The van der Waals surface area contributed by atoms with Gasteiger partial charge >= 0.3 is 0 Å². The second-order valence-electron chi connectivity index (χ2n) is 16.0. The van der Waals surface area contributed by atoms with Crippen molar-refractivity contribution in [1.82, 2.24) is 14.7 Å². The first-order valence-corrected chi connectivity index (χ1v) is 19.7. The third-order valence-corrected chi connectivity index (χ3v) is 13.5. The van der Waals surface area contributed by atoms with Crippen molar-refractivity contribution in [3.8, 4) is 0 Å². The van der Waals surface area contributed by atoms with Crippen LogP contribution in [-0.4, -0.2) is 89.7 Å². The van der Waals surface area contributed by atoms with Gasteiger partial charge in [0.25, 0.3) is 0 Å². The molecule has 5 atom stereocenters. The molecular formula is C37H64ClFN4O. The summed E-state index contributed by atoms with van der Waals surface area (Å²) in [6.45, 7) is 6.62. The van der Waals surface area contributed by atoms with Crippen molar-refractivity contribution < 1.29 is 9.13 Å². The zero-order valence-corrected chi connectivity index (χ0v) is 28.5. The maximum atomic E-state index is 13.5. The van der Waals surface area contributed by atoms with Gasteiger partial charge in [0.15, 0.2) is 5.96 Å². The molecule has 2 saturated heterocycles. The number of fused-ring (bicyclic) bond motifs is 1. The number of alkyl halides is 2. The average molecular weight is 635 g/mol. The van der Waals surface area contributed by atoms with Crippen molar-refractivity contribution in [1.29, 1.82) is 5.41 Å². The maximum absolute atomic E-state index is 13.5. The van der Waals surface area contributed by atoms with Crippen LogP contribution in [0.4, 0.5) is 4.39 Å². The summed E-state index contributed by atoms with van der Waals surface area (Å²) in [5.41, 5.74) is 0. The standard InChI is InChI=1S/C37H64ClFN4O/c38-34-9-2-1-8-31(34)27-41-21-5-7-28(20-23-41)25-29-12-14-30(15-13-29)26-43-36-11-4-3-10-35(36)42(37(43)40)22-6-24-44-33-18-16-32(39)17-19-33/h28-36,40H,1-27H2. The SMILES string of the molecule is N=C1N(CCCOC2CCC(F)CC2)C2CCCCC2N1CC1CCC(CC2CCCN(CC3CCCCC3Cl)CC2)CC1. The predicted molar refractivity (Wildman–Crippen MR) is 180 cm³/mol. The molecule has 6 fully saturated rings. The molecule has 0 aromatic heterocycles. The van der Waals surface area contributed by atoms with E-state index in [1.807, 2.05) is 0 Å². The van der Waals surface area contributed by atoms with Gasteiger partial charge in [0, 0.05) is 31.6 Å². The molecule has 4 saturated carbocycles. The number of likely N-dealkylation sites (tertiary alicyclic amines) is 1. The van der Waals surface area contributed by atoms with Gasteiger partial charge in [-0.3, -0.25) is 5.41 Å². The average Bonchev–Trinajstić information content (AvgIpc) is 3.15. The number of nitrogens with zero attached hydrogens (tertiary/aromatic N) is 3. The Hall–Kier alpha value is -0.590. The molecule has 5 nitrogen and oxygen atoms in total. The van der Waals surface area contributed by atoms with Gasteiger partial charge in [-0.25, -0.2) is 4.39 Å². The van der Waals surface area contributed by atoms with E-state index >= 15 is 0 Å². The molecule has 252 valence electrons. The Morgan fingerprint density at radius 3 is 2.14 bits per heavy atom. The van der Waals surface area contributed by atoms with Crippen LogP contribution in [0.1, 0.15) is 135 Å². The molecule has 7 heteroatoms. The number of ether oxygens (including phenoxy) is 1. The van der Waals surface area contributed by atoms with Crippen molar-refractivity contribution in [2.24, 2.45) is 23.7 Å². The topological polar surface area (TPSA) is 42.8 Å². The normalized spacial score (nSPS) is 39.3. The van der Waals surface area contributed by atoms with Crippen LogP contribution in [0, 0.1) is 29.1 Å². The van der Waals surface area contributed by atoms with Gasteiger partial charge < -0.3 is 19.4 Å². The van der Waals surface area contributed by atoms with E-state index < -0.39 is 6.17 Å². The highest BCUT2D eigenvalue weighted by molar-refractivity contribution is 6.20. The Morgan fingerprint density at radius 2 is 1.36 bits per heavy atom. The van der Waals surface area contributed by atoms with Gasteiger partial charge in [0.05, 0.1) is 18.2 Å². The molecule has 0 bridgehead atoms. The fourth-order valence-corrected chi connectivity index (χ4v) is 10.6. The first-order chi connectivity index (χ1) is 21.5. The highest BCUT2D eigenvalue weighted by Gasteiger charge is 2.44. The van der Waals surface area contributed by atoms with Gasteiger partial charge in [-0.05, 0) is 133 Å². The molecule has 0 amide bonds. The van der Waals surface area contributed by atoms with Crippen LogP contribution >= 0.6 is 11.6 Å². The lowest BCUT2D eigenvalue weighted by atomic mass is 9.76. The third-order valence-electron chi connectivity index (χ3n) is 12.9. The number of rotatable bonds is 11. The van der Waals surface area contributed by atoms with Crippen molar-refractivity contribution in [2.45, 2.75) is 165 Å². The Kier molecular flexibility index (Phi) is 12.5. The van der Waals surface area contributed by atoms with Crippen molar-refractivity contribution in [2.75, 3.05) is 39.3 Å². The van der Waals surface area contributed by atoms with Crippen LogP contribution in [0.25, 0.3) is 0 Å². The second-order valence-corrected chi connectivity index (χ2v) is 16.5. The quantitative estimate of drug-likeness (QED) is 0.182. The van der Waals surface area contributed by atoms with Crippen LogP contribution in [0.5, 0.6) is 0 Å². The van der Waals surface area contributed by atoms with Gasteiger partial charge in [-0.1, -0.05) is 38.5 Å². The minimum Gasteiger partial charge on any atom is -0.378 e. The summed E-state index contributed by atoms with van der Waals surface area (Å²) < 4.78 is 19.6. The Bertz CT molecular complexity index is 878. The molecule has 1 N–H and O–H groups in total. The first kappa shape index (κ1) is 33.3. The van der Waals surface area contributed by atoms with Crippen molar-refractivity contribution in [3.05, 3.63) is 0 Å². The van der Waals surface area contributed by atoms with Crippen LogP contribution in [-0.2, 0) is 4.74 Å². The van der Waals surface area contributed by atoms with E-state index in [2.05, 4.69) is 14.7 Å². The van der Waals surface area contributed by atoms with Crippen molar-refractivity contribution in [3.63, 3.8) is 0 Å². The largest absolute Gasteiger partial charge is 0.378 e. The van der Waals surface area contributed by atoms with E-state index in [1.54, 1.807) is 0 Å². The molecule has 0 aromatic carbocycles. The summed E-state index contributed by atoms with van der Waals surface area (Å²) in [5.74, 6) is 4.12. The summed E-state index contributed by atoms with van der Waals surface area (Å²) in [7, 11) is 0. The van der Waals surface area contributed by atoms with Gasteiger partial charge in [0.2, 0.25) is 0 Å². The number of halogens is 2. The molecule has 5 unspecified atom stereocenters.